The number of hydrogen-bond acceptors (Lipinski definition) is 2. The molecule has 2 aliphatic heterocycles. The number of nitrogens with zero attached hydrogens (tertiary/aromatic N) is 2. The Kier molecular flexibility index (Phi) is 24.2. The molecule has 1 radical (unpaired) electrons. The molecule has 2 atom stereocenters. The second-order valence-electron chi connectivity index (χ2n) is 6.33. The minimum Gasteiger partial charge on any atom is -0.394 e. The van der Waals surface area contributed by atoms with Crippen LogP contribution >= 0.6 is 0 Å². The molecular formula is C21H42N2Y-2. The van der Waals surface area contributed by atoms with Gasteiger partial charge in [-0.1, -0.05) is 41.5 Å². The molecule has 0 aromatic carbocycles. The van der Waals surface area contributed by atoms with Crippen molar-refractivity contribution >= 4 is 0 Å². The SMILES string of the molecule is CC.CC.CC1CCN(CC2CN(C)CC2C)CC1.[CH-]=CC=[CH-].[Y]. The molecule has 2 unspecified atom stereocenters. The monoisotopic (exact) mass is 411 g/mol. The van der Waals surface area contributed by atoms with E-state index in [1.165, 1.54) is 57.7 Å². The Labute approximate surface area is 179 Å². The van der Waals surface area contributed by atoms with Gasteiger partial charge < -0.3 is 35.1 Å². The first-order valence-corrected chi connectivity index (χ1v) is 9.56. The third kappa shape index (κ3) is 13.8. The summed E-state index contributed by atoms with van der Waals surface area (Å²) in [5, 5.41) is 0. The van der Waals surface area contributed by atoms with Gasteiger partial charge in [0.15, 0.2) is 0 Å². The summed E-state index contributed by atoms with van der Waals surface area (Å²) in [4.78, 5) is 5.18. The van der Waals surface area contributed by atoms with Crippen LogP contribution in [0.2, 0.25) is 0 Å². The van der Waals surface area contributed by atoms with Crippen LogP contribution in [0.3, 0.4) is 0 Å². The van der Waals surface area contributed by atoms with Crippen molar-refractivity contribution in [2.24, 2.45) is 17.8 Å². The fraction of sp³-hybridized carbons (Fsp3) is 0.810. The van der Waals surface area contributed by atoms with E-state index in [9.17, 15) is 0 Å². The van der Waals surface area contributed by atoms with E-state index >= 15 is 0 Å². The Morgan fingerprint density at radius 3 is 1.71 bits per heavy atom. The molecule has 0 spiro atoms. The Balaban J connectivity index is -0.000000424. The second-order valence-corrected chi connectivity index (χ2v) is 6.33. The largest absolute Gasteiger partial charge is 0.394 e. The van der Waals surface area contributed by atoms with Crippen molar-refractivity contribution in [3.8, 4) is 0 Å². The van der Waals surface area contributed by atoms with Crippen molar-refractivity contribution in [2.45, 2.75) is 54.4 Å². The maximum Gasteiger partial charge on any atom is 0.00249 e. The normalized spacial score (nSPS) is 24.0. The van der Waals surface area contributed by atoms with Crippen molar-refractivity contribution in [3.63, 3.8) is 0 Å². The first-order chi connectivity index (χ1) is 11.1. The Bertz CT molecular complexity index is 267. The van der Waals surface area contributed by atoms with Gasteiger partial charge in [-0.2, -0.15) is 0 Å². The number of piperidine rings is 1. The van der Waals surface area contributed by atoms with Gasteiger partial charge in [-0.05, 0) is 50.7 Å². The molecule has 0 saturated carbocycles. The summed E-state index contributed by atoms with van der Waals surface area (Å²) >= 11 is 0. The summed E-state index contributed by atoms with van der Waals surface area (Å²) < 4.78 is 0. The molecule has 2 fully saturated rings. The molecule has 0 bridgehead atoms. The smallest absolute Gasteiger partial charge is 0.00249 e. The molecule has 2 aliphatic rings. The molecule has 2 heterocycles. The summed E-state index contributed by atoms with van der Waals surface area (Å²) in [6.45, 7) is 28.9. The zero-order valence-corrected chi connectivity index (χ0v) is 20.3. The van der Waals surface area contributed by atoms with E-state index in [0.717, 1.165) is 17.8 Å². The quantitative estimate of drug-likeness (QED) is 0.480. The van der Waals surface area contributed by atoms with Gasteiger partial charge in [0.1, 0.15) is 0 Å². The van der Waals surface area contributed by atoms with Crippen molar-refractivity contribution in [2.75, 3.05) is 39.8 Å². The van der Waals surface area contributed by atoms with Gasteiger partial charge in [0, 0.05) is 52.3 Å². The van der Waals surface area contributed by atoms with Gasteiger partial charge in [-0.15, -0.1) is 0 Å². The molecule has 0 aromatic heterocycles. The maximum absolute atomic E-state index is 4.72. The Morgan fingerprint density at radius 1 is 0.917 bits per heavy atom. The van der Waals surface area contributed by atoms with E-state index in [-0.39, 0.29) is 32.7 Å². The number of rotatable bonds is 3. The number of hydrogen-bond donors (Lipinski definition) is 0. The summed E-state index contributed by atoms with van der Waals surface area (Å²) in [6, 6.07) is 0. The van der Waals surface area contributed by atoms with Crippen LogP contribution in [0.25, 0.3) is 0 Å². The first-order valence-electron chi connectivity index (χ1n) is 9.56. The van der Waals surface area contributed by atoms with E-state index in [2.05, 4.69) is 30.7 Å². The second kappa shape index (κ2) is 19.8. The van der Waals surface area contributed by atoms with Crippen molar-refractivity contribution in [1.82, 2.24) is 9.80 Å². The molecule has 3 heteroatoms. The third-order valence-corrected chi connectivity index (χ3v) is 4.43. The van der Waals surface area contributed by atoms with E-state index in [4.69, 9.17) is 13.2 Å². The van der Waals surface area contributed by atoms with Gasteiger partial charge in [-0.3, -0.25) is 0 Å². The van der Waals surface area contributed by atoms with E-state index in [0.29, 0.717) is 0 Å². The van der Waals surface area contributed by atoms with Crippen LogP contribution < -0.4 is 0 Å². The molecule has 0 amide bonds. The van der Waals surface area contributed by atoms with E-state index in [1.807, 2.05) is 27.7 Å². The van der Waals surface area contributed by atoms with Crippen LogP contribution in [0.5, 0.6) is 0 Å². The van der Waals surface area contributed by atoms with Gasteiger partial charge in [0.25, 0.3) is 0 Å². The van der Waals surface area contributed by atoms with Crippen molar-refractivity contribution in [3.05, 3.63) is 25.3 Å². The van der Waals surface area contributed by atoms with Gasteiger partial charge in [-0.25, -0.2) is 0 Å². The summed E-state index contributed by atoms with van der Waals surface area (Å²) in [5.74, 6) is 2.78. The Morgan fingerprint density at radius 2 is 1.38 bits per heavy atom. The minimum absolute atomic E-state index is 0. The van der Waals surface area contributed by atoms with Crippen LogP contribution in [-0.4, -0.2) is 49.6 Å². The number of likely N-dealkylation sites (tertiary alicyclic amines) is 2. The number of allylic oxidation sites excluding steroid dienone is 2. The Hall–Kier alpha value is 0.504. The van der Waals surface area contributed by atoms with Crippen LogP contribution in [0.15, 0.2) is 12.2 Å². The minimum atomic E-state index is 0. The average Bonchev–Trinajstić information content (AvgIpc) is 2.91. The molecule has 24 heavy (non-hydrogen) atoms. The molecule has 2 nitrogen and oxygen atoms in total. The fourth-order valence-electron chi connectivity index (χ4n) is 3.11. The van der Waals surface area contributed by atoms with Crippen LogP contribution in [-0.2, 0) is 32.7 Å². The molecular weight excluding hydrogens is 369 g/mol. The predicted octanol–water partition coefficient (Wildman–Crippen LogP) is 4.93. The van der Waals surface area contributed by atoms with Crippen molar-refractivity contribution < 1.29 is 32.7 Å². The molecule has 0 aromatic rings. The van der Waals surface area contributed by atoms with Crippen LogP contribution in [0.1, 0.15) is 54.4 Å². The summed E-state index contributed by atoms with van der Waals surface area (Å²) in [6.07, 6.45) is 5.38. The molecule has 0 aliphatic carbocycles. The van der Waals surface area contributed by atoms with E-state index in [1.54, 1.807) is 0 Å². The first kappa shape index (κ1) is 29.3. The topological polar surface area (TPSA) is 6.48 Å². The summed E-state index contributed by atoms with van der Waals surface area (Å²) in [5.41, 5.74) is 0. The molecule has 2 rings (SSSR count). The third-order valence-electron chi connectivity index (χ3n) is 4.43. The molecule has 141 valence electrons. The fourth-order valence-corrected chi connectivity index (χ4v) is 3.11. The zero-order chi connectivity index (χ0) is 18.3. The standard InChI is InChI=1S/C13H26N2.C4H4.2C2H6.Y/c1-11-4-6-15(7-5-11)10-13-9-14(3)8-12(13)2;1-3-4-2;2*1-2;/h11-13H,4-10H2,1-3H3;1-4H;2*1-2H3;/q;-2;;;. The predicted molar refractivity (Wildman–Crippen MR) is 105 cm³/mol. The van der Waals surface area contributed by atoms with Crippen LogP contribution in [0, 0.1) is 30.9 Å². The maximum atomic E-state index is 4.72. The van der Waals surface area contributed by atoms with Gasteiger partial charge >= 0.3 is 0 Å². The summed E-state index contributed by atoms with van der Waals surface area (Å²) in [7, 11) is 2.26. The van der Waals surface area contributed by atoms with Gasteiger partial charge in [0.2, 0.25) is 0 Å². The van der Waals surface area contributed by atoms with E-state index < -0.39 is 0 Å². The average molecular weight is 411 g/mol. The molecule has 0 N–H and O–H groups in total. The van der Waals surface area contributed by atoms with Crippen LogP contribution in [0.4, 0.5) is 0 Å². The van der Waals surface area contributed by atoms with Crippen molar-refractivity contribution in [1.29, 1.82) is 0 Å². The molecule has 2 saturated heterocycles. The zero-order valence-electron chi connectivity index (χ0n) is 17.5. The van der Waals surface area contributed by atoms with Gasteiger partial charge in [0.05, 0.1) is 0 Å².